The molecule has 6 heteroatoms. The topological polar surface area (TPSA) is 75.7 Å². The van der Waals surface area contributed by atoms with Crippen molar-refractivity contribution >= 4 is 23.5 Å². The number of nitrogens with one attached hydrogen (secondary N) is 1. The van der Waals surface area contributed by atoms with Crippen LogP contribution in [0.2, 0.25) is 0 Å². The molecule has 1 N–H and O–H groups in total. The van der Waals surface area contributed by atoms with Crippen molar-refractivity contribution in [1.29, 1.82) is 0 Å². The molecule has 2 atom stereocenters. The van der Waals surface area contributed by atoms with Crippen LogP contribution in [0.5, 0.6) is 0 Å². The summed E-state index contributed by atoms with van der Waals surface area (Å²) in [4.78, 5) is 38.7. The zero-order chi connectivity index (χ0) is 21.0. The average Bonchev–Trinajstić information content (AvgIpc) is 3.11. The highest BCUT2D eigenvalue weighted by molar-refractivity contribution is 5.95. The Morgan fingerprint density at radius 1 is 1.10 bits per heavy atom. The average molecular weight is 394 g/mol. The third-order valence-electron chi connectivity index (χ3n) is 5.33. The Morgan fingerprint density at radius 2 is 1.76 bits per heavy atom. The lowest BCUT2D eigenvalue weighted by molar-refractivity contribution is -0.151. The summed E-state index contributed by atoms with van der Waals surface area (Å²) < 4.78 is 5.19. The maximum absolute atomic E-state index is 12.4. The number of esters is 1. The van der Waals surface area contributed by atoms with Crippen molar-refractivity contribution in [1.82, 2.24) is 4.90 Å². The quantitative estimate of drug-likeness (QED) is 0.762. The summed E-state index contributed by atoms with van der Waals surface area (Å²) in [5, 5.41) is 2.79. The van der Waals surface area contributed by atoms with Crippen molar-refractivity contribution in [3.05, 3.63) is 65.2 Å². The molecule has 0 spiro atoms. The second-order valence-corrected chi connectivity index (χ2v) is 7.46. The Balaban J connectivity index is 1.53. The highest BCUT2D eigenvalue weighted by Crippen LogP contribution is 2.29. The summed E-state index contributed by atoms with van der Waals surface area (Å²) in [6, 6.07) is 15.3. The molecule has 1 aliphatic heterocycles. The van der Waals surface area contributed by atoms with Gasteiger partial charge in [0.1, 0.15) is 0 Å². The van der Waals surface area contributed by atoms with Crippen molar-refractivity contribution < 1.29 is 19.1 Å². The van der Waals surface area contributed by atoms with Gasteiger partial charge in [0.05, 0.1) is 12.0 Å². The molecule has 0 saturated carbocycles. The zero-order valence-corrected chi connectivity index (χ0v) is 17.0. The molecule has 1 heterocycles. The van der Waals surface area contributed by atoms with Gasteiger partial charge in [-0.3, -0.25) is 14.4 Å². The first-order chi connectivity index (χ1) is 13.9. The van der Waals surface area contributed by atoms with Crippen molar-refractivity contribution in [3.63, 3.8) is 0 Å². The minimum absolute atomic E-state index is 0.0803. The Kier molecular flexibility index (Phi) is 6.32. The van der Waals surface area contributed by atoms with Gasteiger partial charge in [0.25, 0.3) is 5.91 Å². The highest BCUT2D eigenvalue weighted by Gasteiger charge is 2.38. The summed E-state index contributed by atoms with van der Waals surface area (Å²) in [5.74, 6) is -1.54. The molecule has 1 fully saturated rings. The zero-order valence-electron chi connectivity index (χ0n) is 17.0. The molecule has 0 aromatic heterocycles. The predicted octanol–water partition coefficient (Wildman–Crippen LogP) is 3.39. The van der Waals surface area contributed by atoms with E-state index in [1.54, 1.807) is 4.90 Å². The first kappa shape index (κ1) is 20.6. The van der Waals surface area contributed by atoms with Crippen molar-refractivity contribution in [2.24, 2.45) is 5.92 Å². The minimum Gasteiger partial charge on any atom is -0.455 e. The number of carbonyl (C=O) groups excluding carboxylic acids is 3. The molecule has 0 bridgehead atoms. The Labute approximate surface area is 170 Å². The van der Waals surface area contributed by atoms with Crippen LogP contribution in [-0.4, -0.2) is 35.8 Å². The lowest BCUT2D eigenvalue weighted by Crippen LogP contribution is -2.30. The van der Waals surface area contributed by atoms with E-state index in [1.165, 1.54) is 0 Å². The van der Waals surface area contributed by atoms with Crippen molar-refractivity contribution in [2.75, 3.05) is 18.5 Å². The number of ether oxygens (including phenoxy) is 1. The Morgan fingerprint density at radius 3 is 2.41 bits per heavy atom. The van der Waals surface area contributed by atoms with Gasteiger partial charge in [-0.25, -0.2) is 0 Å². The van der Waals surface area contributed by atoms with Crippen LogP contribution in [0.1, 0.15) is 36.1 Å². The van der Waals surface area contributed by atoms with Gasteiger partial charge in [-0.05, 0) is 37.5 Å². The van der Waals surface area contributed by atoms with Gasteiger partial charge in [0.15, 0.2) is 6.61 Å². The SMILES string of the molecule is Cc1cccc(C)c1NC(=O)COC(=O)[C@H]1CC(=O)N([C@H](C)c2ccccc2)C1. The molecule has 0 aliphatic carbocycles. The van der Waals surface area contributed by atoms with Gasteiger partial charge >= 0.3 is 5.97 Å². The van der Waals surface area contributed by atoms with Crippen LogP contribution in [0.3, 0.4) is 0 Å². The standard InChI is InChI=1S/C23H26N2O4/c1-15-8-7-9-16(2)22(15)24-20(26)14-29-23(28)19-12-21(27)25(13-19)17(3)18-10-5-4-6-11-18/h4-11,17,19H,12-14H2,1-3H3,(H,24,26)/t17-,19+/m1/s1. The Bertz CT molecular complexity index is 890. The molecular formula is C23H26N2O4. The number of carbonyl (C=O) groups is 3. The number of aryl methyl sites for hydroxylation is 2. The highest BCUT2D eigenvalue weighted by atomic mass is 16.5. The summed E-state index contributed by atoms with van der Waals surface area (Å²) in [7, 11) is 0. The van der Waals surface area contributed by atoms with E-state index in [1.807, 2.05) is 69.3 Å². The second kappa shape index (κ2) is 8.90. The second-order valence-electron chi connectivity index (χ2n) is 7.46. The molecule has 2 amide bonds. The maximum atomic E-state index is 12.4. The first-order valence-corrected chi connectivity index (χ1v) is 9.74. The van der Waals surface area contributed by atoms with E-state index in [-0.39, 0.29) is 25.0 Å². The van der Waals surface area contributed by atoms with Gasteiger partial charge < -0.3 is 15.0 Å². The number of para-hydroxylation sites is 1. The summed E-state index contributed by atoms with van der Waals surface area (Å²) in [6.45, 7) is 5.68. The van der Waals surface area contributed by atoms with Gasteiger partial charge in [0.2, 0.25) is 5.91 Å². The molecule has 2 aromatic carbocycles. The fourth-order valence-corrected chi connectivity index (χ4v) is 3.62. The van der Waals surface area contributed by atoms with Gasteiger partial charge in [0, 0.05) is 18.7 Å². The first-order valence-electron chi connectivity index (χ1n) is 9.74. The van der Waals surface area contributed by atoms with Crippen LogP contribution in [-0.2, 0) is 19.1 Å². The lowest BCUT2D eigenvalue weighted by Gasteiger charge is -2.25. The maximum Gasteiger partial charge on any atom is 0.311 e. The van der Waals surface area contributed by atoms with E-state index >= 15 is 0 Å². The number of hydrogen-bond acceptors (Lipinski definition) is 4. The van der Waals surface area contributed by atoms with E-state index < -0.39 is 17.8 Å². The number of anilines is 1. The summed E-state index contributed by atoms with van der Waals surface area (Å²) in [6.07, 6.45) is 0.106. The van der Waals surface area contributed by atoms with E-state index in [2.05, 4.69) is 5.32 Å². The fraction of sp³-hybridized carbons (Fsp3) is 0.348. The third kappa shape index (κ3) is 4.83. The molecule has 1 aliphatic rings. The summed E-state index contributed by atoms with van der Waals surface area (Å²) in [5.41, 5.74) is 3.63. The van der Waals surface area contributed by atoms with Crippen LogP contribution < -0.4 is 5.32 Å². The van der Waals surface area contributed by atoms with Gasteiger partial charge in [-0.1, -0.05) is 48.5 Å². The van der Waals surface area contributed by atoms with Crippen molar-refractivity contribution in [3.8, 4) is 0 Å². The molecule has 29 heavy (non-hydrogen) atoms. The molecular weight excluding hydrogens is 368 g/mol. The van der Waals surface area contributed by atoms with Crippen LogP contribution in [0.15, 0.2) is 48.5 Å². The molecule has 0 unspecified atom stereocenters. The number of nitrogens with zero attached hydrogens (tertiary/aromatic N) is 1. The summed E-state index contributed by atoms with van der Waals surface area (Å²) >= 11 is 0. The molecule has 6 nitrogen and oxygen atoms in total. The smallest absolute Gasteiger partial charge is 0.311 e. The molecule has 3 rings (SSSR count). The number of benzene rings is 2. The fourth-order valence-electron chi connectivity index (χ4n) is 3.62. The molecule has 2 aromatic rings. The normalized spacial score (nSPS) is 17.1. The number of hydrogen-bond donors (Lipinski definition) is 1. The molecule has 1 saturated heterocycles. The number of likely N-dealkylation sites (tertiary alicyclic amines) is 1. The largest absolute Gasteiger partial charge is 0.455 e. The van der Waals surface area contributed by atoms with Crippen LogP contribution in [0.4, 0.5) is 5.69 Å². The van der Waals surface area contributed by atoms with Gasteiger partial charge in [-0.2, -0.15) is 0 Å². The predicted molar refractivity (Wildman–Crippen MR) is 110 cm³/mol. The Hall–Kier alpha value is -3.15. The third-order valence-corrected chi connectivity index (χ3v) is 5.33. The lowest BCUT2D eigenvalue weighted by atomic mass is 10.1. The minimum atomic E-state index is -0.554. The number of amides is 2. The van der Waals surface area contributed by atoms with Crippen molar-refractivity contribution in [2.45, 2.75) is 33.2 Å². The van der Waals surface area contributed by atoms with Crippen LogP contribution >= 0.6 is 0 Å². The number of rotatable bonds is 6. The van der Waals surface area contributed by atoms with E-state index in [0.29, 0.717) is 6.54 Å². The van der Waals surface area contributed by atoms with E-state index in [9.17, 15) is 14.4 Å². The van der Waals surface area contributed by atoms with Gasteiger partial charge in [-0.15, -0.1) is 0 Å². The van der Waals surface area contributed by atoms with E-state index in [4.69, 9.17) is 4.74 Å². The molecule has 152 valence electrons. The molecule has 0 radical (unpaired) electrons. The van der Waals surface area contributed by atoms with Crippen LogP contribution in [0.25, 0.3) is 0 Å². The van der Waals surface area contributed by atoms with Crippen LogP contribution in [0, 0.1) is 19.8 Å². The van der Waals surface area contributed by atoms with E-state index in [0.717, 1.165) is 22.4 Å². The monoisotopic (exact) mass is 394 g/mol.